The monoisotopic (exact) mass is 173 g/mol. The van der Waals surface area contributed by atoms with Gasteiger partial charge in [0.1, 0.15) is 0 Å². The molecule has 0 aliphatic carbocycles. The first-order chi connectivity index (χ1) is 5.43. The molecule has 0 rings (SSSR count). The van der Waals surface area contributed by atoms with Gasteiger partial charge in [0.2, 0.25) is 0 Å². The lowest BCUT2D eigenvalue weighted by atomic mass is 9.66. The first-order valence-electron chi connectivity index (χ1n) is 4.83. The van der Waals surface area contributed by atoms with Crippen molar-refractivity contribution in [3.63, 3.8) is 0 Å². The second kappa shape index (κ2) is 4.24. The first kappa shape index (κ1) is 11.9. The van der Waals surface area contributed by atoms with Crippen LogP contribution in [0.2, 0.25) is 0 Å². The zero-order valence-corrected chi connectivity index (χ0v) is 8.85. The van der Waals surface area contributed by atoms with E-state index in [-0.39, 0.29) is 17.6 Å². The van der Waals surface area contributed by atoms with E-state index in [1.165, 1.54) is 0 Å². The summed E-state index contributed by atoms with van der Waals surface area (Å²) >= 11 is 0. The lowest BCUT2D eigenvalue weighted by molar-refractivity contribution is 0.0896. The highest BCUT2D eigenvalue weighted by Crippen LogP contribution is 2.39. The zero-order chi connectivity index (χ0) is 9.83. The van der Waals surface area contributed by atoms with Crippen molar-refractivity contribution in [2.75, 3.05) is 6.61 Å². The highest BCUT2D eigenvalue weighted by Gasteiger charge is 2.38. The Morgan fingerprint density at radius 3 is 1.67 bits per heavy atom. The molecule has 74 valence electrons. The molecule has 0 heterocycles. The lowest BCUT2D eigenvalue weighted by Gasteiger charge is -2.43. The van der Waals surface area contributed by atoms with Crippen LogP contribution < -0.4 is 5.73 Å². The molecule has 0 aromatic rings. The summed E-state index contributed by atoms with van der Waals surface area (Å²) in [7, 11) is 0. The van der Waals surface area contributed by atoms with E-state index in [0.717, 1.165) is 19.3 Å². The normalized spacial score (nSPS) is 13.5. The Morgan fingerprint density at radius 2 is 1.58 bits per heavy atom. The lowest BCUT2D eigenvalue weighted by Crippen LogP contribution is -2.50. The molecular formula is C10H23NO. The summed E-state index contributed by atoms with van der Waals surface area (Å²) in [6.45, 7) is 8.63. The average Bonchev–Trinajstić information content (AvgIpc) is 1.98. The van der Waals surface area contributed by atoms with Gasteiger partial charge in [-0.1, -0.05) is 13.8 Å². The molecule has 0 bridgehead atoms. The number of aliphatic hydroxyl groups excluding tert-OH is 1. The molecule has 0 aromatic carbocycles. The molecule has 0 amide bonds. The summed E-state index contributed by atoms with van der Waals surface area (Å²) in [5.74, 6) is 0. The topological polar surface area (TPSA) is 46.2 Å². The van der Waals surface area contributed by atoms with Crippen LogP contribution in [-0.4, -0.2) is 17.3 Å². The molecule has 0 unspecified atom stereocenters. The van der Waals surface area contributed by atoms with Gasteiger partial charge < -0.3 is 10.8 Å². The van der Waals surface area contributed by atoms with Crippen molar-refractivity contribution >= 4 is 0 Å². The van der Waals surface area contributed by atoms with Crippen LogP contribution in [0.3, 0.4) is 0 Å². The second-order valence-electron chi connectivity index (χ2n) is 4.18. The molecule has 0 aliphatic heterocycles. The number of hydrogen-bond donors (Lipinski definition) is 2. The molecule has 0 saturated carbocycles. The number of hydrogen-bond acceptors (Lipinski definition) is 2. The van der Waals surface area contributed by atoms with Crippen molar-refractivity contribution in [3.8, 4) is 0 Å². The summed E-state index contributed by atoms with van der Waals surface area (Å²) in [6, 6.07) is 0. The van der Waals surface area contributed by atoms with Crippen LogP contribution in [-0.2, 0) is 0 Å². The summed E-state index contributed by atoms with van der Waals surface area (Å²) in [5, 5.41) is 8.97. The van der Waals surface area contributed by atoms with Gasteiger partial charge in [-0.2, -0.15) is 0 Å². The molecule has 0 atom stereocenters. The number of rotatable bonds is 5. The van der Waals surface area contributed by atoms with Gasteiger partial charge in [-0.25, -0.2) is 0 Å². The standard InChI is InChI=1S/C10H23NO/c1-5-10(6-2,7-8-12)9(3,4)11/h12H,5-8,11H2,1-4H3. The minimum Gasteiger partial charge on any atom is -0.396 e. The Labute approximate surface area is 76.2 Å². The van der Waals surface area contributed by atoms with Crippen LogP contribution >= 0.6 is 0 Å². The largest absolute Gasteiger partial charge is 0.396 e. The Balaban J connectivity index is 4.57. The fourth-order valence-electron chi connectivity index (χ4n) is 2.05. The Kier molecular flexibility index (Phi) is 4.21. The van der Waals surface area contributed by atoms with Gasteiger partial charge in [-0.15, -0.1) is 0 Å². The zero-order valence-electron chi connectivity index (χ0n) is 8.85. The van der Waals surface area contributed by atoms with E-state index in [9.17, 15) is 0 Å². The van der Waals surface area contributed by atoms with Crippen molar-refractivity contribution in [1.82, 2.24) is 0 Å². The molecular weight excluding hydrogens is 150 g/mol. The molecule has 2 nitrogen and oxygen atoms in total. The van der Waals surface area contributed by atoms with Gasteiger partial charge in [0.05, 0.1) is 0 Å². The molecule has 2 heteroatoms. The summed E-state index contributed by atoms with van der Waals surface area (Å²) < 4.78 is 0. The van der Waals surface area contributed by atoms with Crippen molar-refractivity contribution in [2.24, 2.45) is 11.1 Å². The fourth-order valence-corrected chi connectivity index (χ4v) is 2.05. The van der Waals surface area contributed by atoms with E-state index in [4.69, 9.17) is 10.8 Å². The maximum Gasteiger partial charge on any atom is 0.0437 e. The molecule has 0 aliphatic rings. The van der Waals surface area contributed by atoms with E-state index in [0.29, 0.717) is 0 Å². The van der Waals surface area contributed by atoms with E-state index >= 15 is 0 Å². The molecule has 3 N–H and O–H groups in total. The average molecular weight is 173 g/mol. The van der Waals surface area contributed by atoms with Crippen LogP contribution in [0.25, 0.3) is 0 Å². The van der Waals surface area contributed by atoms with Gasteiger partial charge in [-0.3, -0.25) is 0 Å². The number of nitrogens with two attached hydrogens (primary N) is 1. The van der Waals surface area contributed by atoms with Crippen LogP contribution in [0.4, 0.5) is 0 Å². The SMILES string of the molecule is CCC(CC)(CCO)C(C)(C)N. The van der Waals surface area contributed by atoms with Gasteiger partial charge in [0.15, 0.2) is 0 Å². The molecule has 12 heavy (non-hydrogen) atoms. The smallest absolute Gasteiger partial charge is 0.0437 e. The highest BCUT2D eigenvalue weighted by atomic mass is 16.3. The Morgan fingerprint density at radius 1 is 1.17 bits per heavy atom. The van der Waals surface area contributed by atoms with Gasteiger partial charge in [0.25, 0.3) is 0 Å². The predicted molar refractivity (Wildman–Crippen MR) is 53.0 cm³/mol. The maximum absolute atomic E-state index is 8.97. The van der Waals surface area contributed by atoms with Crippen LogP contribution in [0, 0.1) is 5.41 Å². The summed E-state index contributed by atoms with van der Waals surface area (Å²) in [6.07, 6.45) is 2.88. The second-order valence-corrected chi connectivity index (χ2v) is 4.18. The minimum absolute atomic E-state index is 0.0990. The van der Waals surface area contributed by atoms with Crippen molar-refractivity contribution in [3.05, 3.63) is 0 Å². The summed E-state index contributed by atoms with van der Waals surface area (Å²) in [4.78, 5) is 0. The van der Waals surface area contributed by atoms with Crippen molar-refractivity contribution in [1.29, 1.82) is 0 Å². The fraction of sp³-hybridized carbons (Fsp3) is 1.00. The van der Waals surface area contributed by atoms with E-state index in [2.05, 4.69) is 27.7 Å². The predicted octanol–water partition coefficient (Wildman–Crippen LogP) is 1.91. The minimum atomic E-state index is -0.195. The molecule has 0 radical (unpaired) electrons. The third kappa shape index (κ3) is 2.20. The van der Waals surface area contributed by atoms with E-state index < -0.39 is 0 Å². The van der Waals surface area contributed by atoms with Crippen molar-refractivity contribution in [2.45, 2.75) is 52.5 Å². The van der Waals surface area contributed by atoms with Gasteiger partial charge in [0, 0.05) is 12.1 Å². The van der Waals surface area contributed by atoms with Crippen LogP contribution in [0.1, 0.15) is 47.0 Å². The van der Waals surface area contributed by atoms with Crippen LogP contribution in [0.5, 0.6) is 0 Å². The third-order valence-corrected chi connectivity index (χ3v) is 3.31. The quantitative estimate of drug-likeness (QED) is 0.667. The highest BCUT2D eigenvalue weighted by molar-refractivity contribution is 4.94. The molecule has 0 fully saturated rings. The molecule has 0 saturated heterocycles. The van der Waals surface area contributed by atoms with Gasteiger partial charge in [-0.05, 0) is 38.5 Å². The van der Waals surface area contributed by atoms with E-state index in [1.54, 1.807) is 0 Å². The Bertz CT molecular complexity index is 122. The Hall–Kier alpha value is -0.0800. The number of aliphatic hydroxyl groups is 1. The van der Waals surface area contributed by atoms with Crippen LogP contribution in [0.15, 0.2) is 0 Å². The van der Waals surface area contributed by atoms with Crippen molar-refractivity contribution < 1.29 is 5.11 Å². The first-order valence-corrected chi connectivity index (χ1v) is 4.83. The molecule has 0 spiro atoms. The van der Waals surface area contributed by atoms with Gasteiger partial charge >= 0.3 is 0 Å². The third-order valence-electron chi connectivity index (χ3n) is 3.31. The maximum atomic E-state index is 8.97. The van der Waals surface area contributed by atoms with E-state index in [1.807, 2.05) is 0 Å². The summed E-state index contributed by atoms with van der Waals surface area (Å²) in [5.41, 5.74) is 6.01. The molecule has 0 aromatic heterocycles.